The van der Waals surface area contributed by atoms with Crippen LogP contribution in [-0.4, -0.2) is 45.0 Å². The molecule has 0 aromatic heterocycles. The van der Waals surface area contributed by atoms with E-state index in [4.69, 9.17) is 9.84 Å². The molecule has 10 nitrogen and oxygen atoms in total. The monoisotopic (exact) mass is 404 g/mol. The van der Waals surface area contributed by atoms with E-state index in [9.17, 15) is 29.9 Å². The molecule has 0 saturated heterocycles. The second-order valence-corrected chi connectivity index (χ2v) is 6.13. The Morgan fingerprint density at radius 3 is 2.45 bits per heavy atom. The van der Waals surface area contributed by atoms with Crippen molar-refractivity contribution in [3.63, 3.8) is 0 Å². The van der Waals surface area contributed by atoms with Crippen LogP contribution in [0, 0.1) is 10.1 Å². The molecule has 2 atom stereocenters. The van der Waals surface area contributed by atoms with Crippen molar-refractivity contribution in [3.8, 4) is 0 Å². The van der Waals surface area contributed by atoms with Crippen molar-refractivity contribution in [3.05, 3.63) is 75.3 Å². The summed E-state index contributed by atoms with van der Waals surface area (Å²) in [6.07, 6.45) is -3.90. The summed E-state index contributed by atoms with van der Waals surface area (Å²) in [4.78, 5) is 32.9. The van der Waals surface area contributed by atoms with Crippen LogP contribution in [0.4, 0.5) is 10.5 Å². The lowest BCUT2D eigenvalue weighted by Crippen LogP contribution is -2.30. The Morgan fingerprint density at radius 2 is 1.83 bits per heavy atom. The number of nitro groups is 1. The average molecular weight is 404 g/mol. The molecule has 0 heterocycles. The molecule has 0 aliphatic carbocycles. The zero-order valence-electron chi connectivity index (χ0n) is 15.2. The van der Waals surface area contributed by atoms with Crippen molar-refractivity contribution >= 4 is 17.7 Å². The minimum atomic E-state index is -1.64. The van der Waals surface area contributed by atoms with Gasteiger partial charge in [0.2, 0.25) is 0 Å². The molecule has 2 rings (SSSR count). The van der Waals surface area contributed by atoms with Crippen LogP contribution in [0.3, 0.4) is 0 Å². The number of nitrogens with one attached hydrogen (secondary N) is 1. The van der Waals surface area contributed by atoms with Gasteiger partial charge in [0.25, 0.3) is 5.69 Å². The van der Waals surface area contributed by atoms with Crippen LogP contribution in [0.15, 0.2) is 48.5 Å². The van der Waals surface area contributed by atoms with Crippen molar-refractivity contribution in [2.45, 2.75) is 25.2 Å². The maximum atomic E-state index is 11.7. The smallest absolute Gasteiger partial charge is 0.407 e. The van der Waals surface area contributed by atoms with E-state index in [1.165, 1.54) is 0 Å². The topological polar surface area (TPSA) is 159 Å². The third-order valence-electron chi connectivity index (χ3n) is 4.08. The number of nitro benzene ring substituents is 1. The molecule has 0 aliphatic rings. The van der Waals surface area contributed by atoms with E-state index in [-0.39, 0.29) is 30.7 Å². The number of rotatable bonds is 9. The van der Waals surface area contributed by atoms with Gasteiger partial charge in [0.15, 0.2) is 0 Å². The molecule has 0 bridgehead atoms. The summed E-state index contributed by atoms with van der Waals surface area (Å²) >= 11 is 0. The average Bonchev–Trinajstić information content (AvgIpc) is 2.71. The van der Waals surface area contributed by atoms with E-state index in [0.29, 0.717) is 0 Å². The van der Waals surface area contributed by atoms with Crippen LogP contribution in [0.2, 0.25) is 0 Å². The van der Waals surface area contributed by atoms with Crippen molar-refractivity contribution < 1.29 is 34.6 Å². The van der Waals surface area contributed by atoms with Gasteiger partial charge in [-0.1, -0.05) is 30.3 Å². The lowest BCUT2D eigenvalue weighted by Gasteiger charge is -2.18. The van der Waals surface area contributed by atoms with E-state index in [1.54, 1.807) is 24.3 Å². The summed E-state index contributed by atoms with van der Waals surface area (Å²) in [5.74, 6) is -1.35. The first-order chi connectivity index (χ1) is 13.8. The number of carboxylic acid groups (broad SMARTS) is 1. The van der Waals surface area contributed by atoms with E-state index < -0.39 is 34.9 Å². The standard InChI is InChI=1S/C19H20N2O8/c22-16(8-9-20-19(26)29-11-12-4-2-1-3-5-12)17(23)14-7-6-13(18(24)25)10-15(14)21(27)28/h1-7,10,16-17,22-23H,8-9,11H2,(H,20,26)(H,24,25). The SMILES string of the molecule is O=C(NCCC(O)C(O)c1ccc(C(=O)O)cc1[N+](=O)[O-])OCc1ccccc1. The molecular formula is C19H20N2O8. The third kappa shape index (κ3) is 6.26. The van der Waals surface area contributed by atoms with E-state index >= 15 is 0 Å². The fourth-order valence-electron chi connectivity index (χ4n) is 2.55. The van der Waals surface area contributed by atoms with Crippen molar-refractivity contribution in [2.24, 2.45) is 0 Å². The molecule has 0 spiro atoms. The highest BCUT2D eigenvalue weighted by atomic mass is 16.6. The number of nitrogens with zero attached hydrogens (tertiary/aromatic N) is 1. The maximum absolute atomic E-state index is 11.7. The van der Waals surface area contributed by atoms with Crippen LogP contribution in [-0.2, 0) is 11.3 Å². The summed E-state index contributed by atoms with van der Waals surface area (Å²) in [7, 11) is 0. The van der Waals surface area contributed by atoms with E-state index in [1.807, 2.05) is 6.07 Å². The highest BCUT2D eigenvalue weighted by Crippen LogP contribution is 2.29. The second kappa shape index (κ2) is 10.2. The number of carbonyl (C=O) groups excluding carboxylic acids is 1. The first-order valence-electron chi connectivity index (χ1n) is 8.62. The Labute approximate surface area is 165 Å². The molecule has 10 heteroatoms. The molecule has 2 aromatic rings. The Hall–Kier alpha value is -3.50. The first kappa shape index (κ1) is 21.8. The minimum Gasteiger partial charge on any atom is -0.478 e. The number of amides is 1. The number of aromatic carboxylic acids is 1. The van der Waals surface area contributed by atoms with Crippen LogP contribution in [0.25, 0.3) is 0 Å². The Morgan fingerprint density at radius 1 is 1.14 bits per heavy atom. The van der Waals surface area contributed by atoms with Gasteiger partial charge in [0, 0.05) is 12.6 Å². The van der Waals surface area contributed by atoms with Gasteiger partial charge in [-0.15, -0.1) is 0 Å². The molecule has 154 valence electrons. The molecular weight excluding hydrogens is 384 g/mol. The first-order valence-corrected chi connectivity index (χ1v) is 8.62. The van der Waals surface area contributed by atoms with E-state index in [2.05, 4.69) is 5.32 Å². The number of hydrogen-bond donors (Lipinski definition) is 4. The summed E-state index contributed by atoms with van der Waals surface area (Å²) in [6.45, 7) is 0.0207. The van der Waals surface area contributed by atoms with Crippen molar-refractivity contribution in [2.75, 3.05) is 6.54 Å². The van der Waals surface area contributed by atoms with Crippen molar-refractivity contribution in [1.82, 2.24) is 5.32 Å². The molecule has 4 N–H and O–H groups in total. The number of alkyl carbamates (subject to hydrolysis) is 1. The highest BCUT2D eigenvalue weighted by molar-refractivity contribution is 5.88. The molecule has 2 unspecified atom stereocenters. The maximum Gasteiger partial charge on any atom is 0.407 e. The summed E-state index contributed by atoms with van der Waals surface area (Å²) in [6, 6.07) is 12.0. The Kier molecular flexibility index (Phi) is 7.63. The zero-order valence-corrected chi connectivity index (χ0v) is 15.2. The molecule has 0 saturated carbocycles. The predicted molar refractivity (Wildman–Crippen MR) is 100 cm³/mol. The molecule has 0 fully saturated rings. The molecule has 0 radical (unpaired) electrons. The second-order valence-electron chi connectivity index (χ2n) is 6.13. The van der Waals surface area contributed by atoms with Gasteiger partial charge in [-0.2, -0.15) is 0 Å². The molecule has 2 aromatic carbocycles. The number of aliphatic hydroxyl groups excluding tert-OH is 2. The number of aliphatic hydroxyl groups is 2. The third-order valence-corrected chi connectivity index (χ3v) is 4.08. The molecule has 0 aliphatic heterocycles. The zero-order chi connectivity index (χ0) is 21.4. The number of carboxylic acids is 1. The molecule has 1 amide bonds. The molecule has 29 heavy (non-hydrogen) atoms. The highest BCUT2D eigenvalue weighted by Gasteiger charge is 2.27. The quantitative estimate of drug-likeness (QED) is 0.365. The van der Waals surface area contributed by atoms with Gasteiger partial charge in [0.1, 0.15) is 12.7 Å². The fourth-order valence-corrected chi connectivity index (χ4v) is 2.55. The fraction of sp³-hybridized carbons (Fsp3) is 0.263. The minimum absolute atomic E-state index is 0.0488. The van der Waals surface area contributed by atoms with Crippen LogP contribution in [0.5, 0.6) is 0 Å². The number of benzene rings is 2. The number of hydrogen-bond acceptors (Lipinski definition) is 7. The number of carbonyl (C=O) groups is 2. The van der Waals surface area contributed by atoms with Gasteiger partial charge in [0.05, 0.1) is 22.2 Å². The van der Waals surface area contributed by atoms with Gasteiger partial charge >= 0.3 is 12.1 Å². The lowest BCUT2D eigenvalue weighted by molar-refractivity contribution is -0.386. The largest absolute Gasteiger partial charge is 0.478 e. The number of ether oxygens (including phenoxy) is 1. The van der Waals surface area contributed by atoms with Gasteiger partial charge in [-0.25, -0.2) is 9.59 Å². The summed E-state index contributed by atoms with van der Waals surface area (Å²) in [5.41, 5.74) is -0.356. The summed E-state index contributed by atoms with van der Waals surface area (Å²) in [5, 5.41) is 42.8. The Balaban J connectivity index is 1.88. The van der Waals surface area contributed by atoms with Crippen LogP contribution in [0.1, 0.15) is 34.0 Å². The summed E-state index contributed by atoms with van der Waals surface area (Å²) < 4.78 is 5.00. The van der Waals surface area contributed by atoms with Crippen molar-refractivity contribution in [1.29, 1.82) is 0 Å². The van der Waals surface area contributed by atoms with Gasteiger partial charge in [-0.3, -0.25) is 10.1 Å². The lowest BCUT2D eigenvalue weighted by atomic mass is 9.98. The van der Waals surface area contributed by atoms with Gasteiger partial charge < -0.3 is 25.4 Å². The van der Waals surface area contributed by atoms with E-state index in [0.717, 1.165) is 23.8 Å². The Bertz CT molecular complexity index is 872. The van der Waals surface area contributed by atoms with Crippen LogP contribution >= 0.6 is 0 Å². The van der Waals surface area contributed by atoms with Crippen LogP contribution < -0.4 is 5.32 Å². The normalized spacial score (nSPS) is 12.6. The predicted octanol–water partition coefficient (Wildman–Crippen LogP) is 2.00. The van der Waals surface area contributed by atoms with Gasteiger partial charge in [-0.05, 0) is 24.1 Å².